The summed E-state index contributed by atoms with van der Waals surface area (Å²) in [6.07, 6.45) is 0. The van der Waals surface area contributed by atoms with Crippen LogP contribution in [-0.4, -0.2) is 17.6 Å². The largest absolute Gasteiger partial charge is 0.462 e. The average Bonchev–Trinajstić information content (AvgIpc) is 2.45. The van der Waals surface area contributed by atoms with E-state index in [4.69, 9.17) is 4.74 Å². The molecule has 1 N–H and O–H groups in total. The fourth-order valence-electron chi connectivity index (χ4n) is 2.21. The number of ether oxygens (including phenoxy) is 1. The maximum Gasteiger partial charge on any atom is 0.342 e. The van der Waals surface area contributed by atoms with Crippen LogP contribution in [0, 0.1) is 13.8 Å². The van der Waals surface area contributed by atoms with E-state index >= 15 is 0 Å². The summed E-state index contributed by atoms with van der Waals surface area (Å²) in [6.45, 7) is 6.57. The predicted octanol–water partition coefficient (Wildman–Crippen LogP) is 3.49. The molecule has 0 amide bonds. The summed E-state index contributed by atoms with van der Waals surface area (Å²) in [5, 5.41) is 3.24. The Hall–Kier alpha value is -2.36. The Kier molecular flexibility index (Phi) is 4.93. The molecule has 110 valence electrons. The lowest BCUT2D eigenvalue weighted by molar-refractivity contribution is 0.0526. The molecule has 4 nitrogen and oxygen atoms in total. The van der Waals surface area contributed by atoms with Gasteiger partial charge in [0.05, 0.1) is 6.61 Å². The fourth-order valence-corrected chi connectivity index (χ4v) is 2.21. The van der Waals surface area contributed by atoms with Gasteiger partial charge >= 0.3 is 5.97 Å². The van der Waals surface area contributed by atoms with E-state index in [1.54, 1.807) is 6.92 Å². The van der Waals surface area contributed by atoms with E-state index in [1.165, 1.54) is 0 Å². The Bertz CT molecular complexity index is 624. The lowest BCUT2D eigenvalue weighted by Gasteiger charge is -2.14. The Balaban J connectivity index is 2.26. The van der Waals surface area contributed by atoms with E-state index in [9.17, 15) is 4.79 Å². The van der Waals surface area contributed by atoms with Crippen molar-refractivity contribution >= 4 is 11.8 Å². The van der Waals surface area contributed by atoms with Crippen LogP contribution in [0.25, 0.3) is 0 Å². The SMILES string of the molecule is CCOC(=O)c1c(C)cc(C)nc1NCc1ccccc1. The molecule has 2 aromatic rings. The van der Waals surface area contributed by atoms with Crippen molar-refractivity contribution in [2.75, 3.05) is 11.9 Å². The maximum absolute atomic E-state index is 12.1. The Labute approximate surface area is 125 Å². The number of hydrogen-bond donors (Lipinski definition) is 1. The van der Waals surface area contributed by atoms with Gasteiger partial charge in [-0.3, -0.25) is 0 Å². The molecule has 4 heteroatoms. The van der Waals surface area contributed by atoms with Gasteiger partial charge in [0, 0.05) is 12.2 Å². The minimum absolute atomic E-state index is 0.335. The molecule has 2 rings (SSSR count). The van der Waals surface area contributed by atoms with Gasteiger partial charge in [0.1, 0.15) is 11.4 Å². The molecule has 0 unspecified atom stereocenters. The molecule has 0 saturated heterocycles. The normalized spacial score (nSPS) is 10.2. The van der Waals surface area contributed by atoms with Gasteiger partial charge in [-0.2, -0.15) is 0 Å². The number of benzene rings is 1. The smallest absolute Gasteiger partial charge is 0.342 e. The van der Waals surface area contributed by atoms with E-state index < -0.39 is 0 Å². The number of anilines is 1. The molecule has 0 saturated carbocycles. The van der Waals surface area contributed by atoms with Gasteiger partial charge in [0.2, 0.25) is 0 Å². The number of esters is 1. The Morgan fingerprint density at radius 1 is 1.24 bits per heavy atom. The van der Waals surface area contributed by atoms with Crippen molar-refractivity contribution < 1.29 is 9.53 Å². The Morgan fingerprint density at radius 3 is 2.62 bits per heavy atom. The minimum atomic E-state index is -0.335. The minimum Gasteiger partial charge on any atom is -0.462 e. The third kappa shape index (κ3) is 3.81. The number of nitrogens with zero attached hydrogens (tertiary/aromatic N) is 1. The fraction of sp³-hybridized carbons (Fsp3) is 0.294. The summed E-state index contributed by atoms with van der Waals surface area (Å²) < 4.78 is 5.12. The van der Waals surface area contributed by atoms with E-state index in [1.807, 2.05) is 50.2 Å². The van der Waals surface area contributed by atoms with Crippen LogP contribution < -0.4 is 5.32 Å². The second kappa shape index (κ2) is 6.88. The lowest BCUT2D eigenvalue weighted by atomic mass is 10.1. The molecule has 1 heterocycles. The quantitative estimate of drug-likeness (QED) is 0.854. The van der Waals surface area contributed by atoms with Gasteiger partial charge in [-0.1, -0.05) is 30.3 Å². The van der Waals surface area contributed by atoms with E-state index in [2.05, 4.69) is 10.3 Å². The zero-order chi connectivity index (χ0) is 15.2. The average molecular weight is 284 g/mol. The third-order valence-electron chi connectivity index (χ3n) is 3.13. The van der Waals surface area contributed by atoms with Crippen LogP contribution in [0.3, 0.4) is 0 Å². The van der Waals surface area contributed by atoms with E-state index in [0.29, 0.717) is 24.5 Å². The molecule has 0 aliphatic rings. The second-order valence-electron chi connectivity index (χ2n) is 4.86. The van der Waals surface area contributed by atoms with Crippen molar-refractivity contribution in [3.05, 3.63) is 58.8 Å². The second-order valence-corrected chi connectivity index (χ2v) is 4.86. The van der Waals surface area contributed by atoms with Crippen molar-refractivity contribution in [2.45, 2.75) is 27.3 Å². The number of aryl methyl sites for hydroxylation is 2. The van der Waals surface area contributed by atoms with Crippen LogP contribution in [0.5, 0.6) is 0 Å². The molecule has 0 spiro atoms. The van der Waals surface area contributed by atoms with Crippen LogP contribution >= 0.6 is 0 Å². The molecular formula is C17H20N2O2. The zero-order valence-electron chi connectivity index (χ0n) is 12.6. The van der Waals surface area contributed by atoms with Gasteiger partial charge in [-0.15, -0.1) is 0 Å². The molecule has 0 radical (unpaired) electrons. The first-order chi connectivity index (χ1) is 10.1. The number of aromatic nitrogens is 1. The molecule has 1 aromatic carbocycles. The molecule has 1 aromatic heterocycles. The van der Waals surface area contributed by atoms with Crippen LogP contribution in [0.2, 0.25) is 0 Å². The highest BCUT2D eigenvalue weighted by Gasteiger charge is 2.17. The van der Waals surface area contributed by atoms with Gasteiger partial charge < -0.3 is 10.1 Å². The first kappa shape index (κ1) is 15.0. The first-order valence-electron chi connectivity index (χ1n) is 7.05. The summed E-state index contributed by atoms with van der Waals surface area (Å²) in [5.74, 6) is 0.243. The maximum atomic E-state index is 12.1. The van der Waals surface area contributed by atoms with Gasteiger partial charge in [0.25, 0.3) is 0 Å². The number of nitrogens with one attached hydrogen (secondary N) is 1. The predicted molar refractivity (Wildman–Crippen MR) is 83.4 cm³/mol. The van der Waals surface area contributed by atoms with Crippen LogP contribution in [0.1, 0.15) is 34.1 Å². The molecule has 0 aliphatic carbocycles. The number of pyridine rings is 1. The van der Waals surface area contributed by atoms with Gasteiger partial charge in [0.15, 0.2) is 0 Å². The van der Waals surface area contributed by atoms with E-state index in [0.717, 1.165) is 16.8 Å². The summed E-state index contributed by atoms with van der Waals surface area (Å²) in [4.78, 5) is 16.5. The van der Waals surface area contributed by atoms with Crippen molar-refractivity contribution in [1.29, 1.82) is 0 Å². The zero-order valence-corrected chi connectivity index (χ0v) is 12.6. The summed E-state index contributed by atoms with van der Waals surface area (Å²) in [7, 11) is 0. The molecular weight excluding hydrogens is 264 g/mol. The van der Waals surface area contributed by atoms with Crippen molar-refractivity contribution in [3.8, 4) is 0 Å². The monoisotopic (exact) mass is 284 g/mol. The van der Waals surface area contributed by atoms with Crippen LogP contribution in [0.15, 0.2) is 36.4 Å². The number of carbonyl (C=O) groups is 1. The van der Waals surface area contributed by atoms with E-state index in [-0.39, 0.29) is 5.97 Å². The number of carbonyl (C=O) groups excluding carboxylic acids is 1. The highest BCUT2D eigenvalue weighted by Crippen LogP contribution is 2.20. The van der Waals surface area contributed by atoms with Gasteiger partial charge in [-0.05, 0) is 38.0 Å². The lowest BCUT2D eigenvalue weighted by Crippen LogP contribution is -2.14. The highest BCUT2D eigenvalue weighted by molar-refractivity contribution is 5.96. The standard InChI is InChI=1S/C17H20N2O2/c1-4-21-17(20)15-12(2)10-13(3)19-16(15)18-11-14-8-6-5-7-9-14/h5-10H,4,11H2,1-3H3,(H,18,19). The van der Waals surface area contributed by atoms with Crippen molar-refractivity contribution in [3.63, 3.8) is 0 Å². The molecule has 0 atom stereocenters. The molecule has 21 heavy (non-hydrogen) atoms. The van der Waals surface area contributed by atoms with Crippen LogP contribution in [0.4, 0.5) is 5.82 Å². The molecule has 0 fully saturated rings. The number of rotatable bonds is 5. The molecule has 0 aliphatic heterocycles. The summed E-state index contributed by atoms with van der Waals surface area (Å²) in [6, 6.07) is 11.9. The number of hydrogen-bond acceptors (Lipinski definition) is 4. The highest BCUT2D eigenvalue weighted by atomic mass is 16.5. The summed E-state index contributed by atoms with van der Waals surface area (Å²) in [5.41, 5.74) is 3.39. The van der Waals surface area contributed by atoms with Gasteiger partial charge in [-0.25, -0.2) is 9.78 Å². The van der Waals surface area contributed by atoms with Crippen molar-refractivity contribution in [1.82, 2.24) is 4.98 Å². The third-order valence-corrected chi connectivity index (χ3v) is 3.13. The Morgan fingerprint density at radius 2 is 1.95 bits per heavy atom. The van der Waals surface area contributed by atoms with Crippen LogP contribution in [-0.2, 0) is 11.3 Å². The summed E-state index contributed by atoms with van der Waals surface area (Å²) >= 11 is 0. The first-order valence-corrected chi connectivity index (χ1v) is 7.05. The molecule has 0 bridgehead atoms. The van der Waals surface area contributed by atoms with Crippen molar-refractivity contribution in [2.24, 2.45) is 0 Å². The topological polar surface area (TPSA) is 51.2 Å².